The SMILES string of the molecule is C[C@H]1Nc2ccc(C(F)(F)F)cc2[C@H]1CCN1CCN(c2ccccc2)CC1.Cl.Cl. The summed E-state index contributed by atoms with van der Waals surface area (Å²) >= 11 is 0. The Hall–Kier alpha value is -1.63. The van der Waals surface area contributed by atoms with E-state index in [9.17, 15) is 13.2 Å². The van der Waals surface area contributed by atoms with E-state index < -0.39 is 11.7 Å². The van der Waals surface area contributed by atoms with E-state index in [4.69, 9.17) is 0 Å². The number of anilines is 2. The van der Waals surface area contributed by atoms with E-state index in [2.05, 4.69) is 46.3 Å². The molecule has 2 aromatic carbocycles. The first-order chi connectivity index (χ1) is 13.4. The van der Waals surface area contributed by atoms with Gasteiger partial charge in [0.2, 0.25) is 0 Å². The molecule has 0 aromatic heterocycles. The van der Waals surface area contributed by atoms with Gasteiger partial charge < -0.3 is 10.2 Å². The first-order valence-corrected chi connectivity index (χ1v) is 9.92. The number of hydrogen-bond donors (Lipinski definition) is 1. The van der Waals surface area contributed by atoms with Crippen LogP contribution in [0.25, 0.3) is 0 Å². The Morgan fingerprint density at radius 3 is 2.27 bits per heavy atom. The molecular formula is C22H28Cl2F3N3. The number of halogens is 5. The van der Waals surface area contributed by atoms with Crippen LogP contribution in [0.4, 0.5) is 24.5 Å². The quantitative estimate of drug-likeness (QED) is 0.633. The molecule has 1 fully saturated rings. The van der Waals surface area contributed by atoms with Crippen molar-refractivity contribution in [1.82, 2.24) is 4.90 Å². The molecule has 0 bridgehead atoms. The number of para-hydroxylation sites is 1. The molecule has 4 rings (SSSR count). The Morgan fingerprint density at radius 1 is 0.967 bits per heavy atom. The van der Waals surface area contributed by atoms with Crippen molar-refractivity contribution in [1.29, 1.82) is 0 Å². The van der Waals surface area contributed by atoms with Crippen molar-refractivity contribution in [2.75, 3.05) is 42.9 Å². The third-order valence-corrected chi connectivity index (χ3v) is 6.02. The topological polar surface area (TPSA) is 18.5 Å². The molecule has 2 aliphatic heterocycles. The first-order valence-electron chi connectivity index (χ1n) is 9.92. The third kappa shape index (κ3) is 5.34. The minimum Gasteiger partial charge on any atom is -0.382 e. The van der Waals surface area contributed by atoms with E-state index in [1.54, 1.807) is 6.07 Å². The average Bonchev–Trinajstić information content (AvgIpc) is 3.01. The molecule has 2 aromatic rings. The van der Waals surface area contributed by atoms with Gasteiger partial charge in [0.25, 0.3) is 0 Å². The van der Waals surface area contributed by atoms with Crippen molar-refractivity contribution in [2.45, 2.75) is 31.5 Å². The van der Waals surface area contributed by atoms with Crippen LogP contribution in [0.1, 0.15) is 30.4 Å². The van der Waals surface area contributed by atoms with Gasteiger partial charge in [0.15, 0.2) is 0 Å². The van der Waals surface area contributed by atoms with E-state index in [0.717, 1.165) is 50.4 Å². The van der Waals surface area contributed by atoms with E-state index in [-0.39, 0.29) is 36.8 Å². The van der Waals surface area contributed by atoms with Gasteiger partial charge in [-0.25, -0.2) is 0 Å². The maximum absolute atomic E-state index is 13.1. The molecule has 8 heteroatoms. The van der Waals surface area contributed by atoms with E-state index in [1.807, 2.05) is 6.07 Å². The van der Waals surface area contributed by atoms with Gasteiger partial charge in [-0.1, -0.05) is 18.2 Å². The summed E-state index contributed by atoms with van der Waals surface area (Å²) in [6.07, 6.45) is -3.42. The Morgan fingerprint density at radius 2 is 1.63 bits per heavy atom. The lowest BCUT2D eigenvalue weighted by Crippen LogP contribution is -2.47. The average molecular weight is 462 g/mol. The van der Waals surface area contributed by atoms with E-state index in [1.165, 1.54) is 17.8 Å². The summed E-state index contributed by atoms with van der Waals surface area (Å²) < 4.78 is 39.3. The number of rotatable bonds is 4. The molecule has 2 atom stereocenters. The van der Waals surface area contributed by atoms with Crippen LogP contribution >= 0.6 is 24.8 Å². The third-order valence-electron chi connectivity index (χ3n) is 6.02. The number of nitrogens with zero attached hydrogens (tertiary/aromatic N) is 2. The maximum atomic E-state index is 13.1. The van der Waals surface area contributed by atoms with Crippen molar-refractivity contribution < 1.29 is 13.2 Å². The van der Waals surface area contributed by atoms with Crippen LogP contribution in [0.3, 0.4) is 0 Å². The number of benzene rings is 2. The Bertz CT molecular complexity index is 809. The summed E-state index contributed by atoms with van der Waals surface area (Å²) in [6, 6.07) is 14.7. The van der Waals surface area contributed by atoms with Crippen LogP contribution in [0.15, 0.2) is 48.5 Å². The molecule has 0 radical (unpaired) electrons. The zero-order valence-electron chi connectivity index (χ0n) is 16.9. The summed E-state index contributed by atoms with van der Waals surface area (Å²) in [5, 5.41) is 3.35. The Kier molecular flexibility index (Phi) is 8.31. The highest BCUT2D eigenvalue weighted by atomic mass is 35.5. The molecule has 2 aliphatic rings. The second-order valence-electron chi connectivity index (χ2n) is 7.79. The summed E-state index contributed by atoms with van der Waals surface area (Å²) in [5.74, 6) is 0.115. The normalized spacial score (nSPS) is 21.3. The van der Waals surface area contributed by atoms with Gasteiger partial charge in [-0.05, 0) is 55.8 Å². The minimum atomic E-state index is -4.29. The number of alkyl halides is 3. The van der Waals surface area contributed by atoms with Crippen LogP contribution in [-0.4, -0.2) is 43.7 Å². The predicted octanol–water partition coefficient (Wildman–Crippen LogP) is 5.66. The predicted molar refractivity (Wildman–Crippen MR) is 121 cm³/mol. The number of fused-ring (bicyclic) bond motifs is 1. The fourth-order valence-electron chi connectivity index (χ4n) is 4.39. The molecule has 0 unspecified atom stereocenters. The molecule has 0 amide bonds. The smallest absolute Gasteiger partial charge is 0.382 e. The lowest BCUT2D eigenvalue weighted by Gasteiger charge is -2.36. The second kappa shape index (κ2) is 10.1. The highest BCUT2D eigenvalue weighted by Crippen LogP contribution is 2.41. The molecule has 166 valence electrons. The molecule has 0 saturated carbocycles. The summed E-state index contributed by atoms with van der Waals surface area (Å²) in [5.41, 5.74) is 2.36. The van der Waals surface area contributed by atoms with Crippen LogP contribution in [-0.2, 0) is 6.18 Å². The molecular weight excluding hydrogens is 434 g/mol. The van der Waals surface area contributed by atoms with Crippen molar-refractivity contribution in [3.8, 4) is 0 Å². The monoisotopic (exact) mass is 461 g/mol. The van der Waals surface area contributed by atoms with Crippen LogP contribution in [0.2, 0.25) is 0 Å². The van der Waals surface area contributed by atoms with Crippen molar-refractivity contribution in [3.05, 3.63) is 59.7 Å². The zero-order chi connectivity index (χ0) is 19.7. The molecule has 1 N–H and O–H groups in total. The van der Waals surface area contributed by atoms with Crippen molar-refractivity contribution >= 4 is 36.2 Å². The zero-order valence-corrected chi connectivity index (χ0v) is 18.5. The maximum Gasteiger partial charge on any atom is 0.416 e. The minimum absolute atomic E-state index is 0. The first kappa shape index (κ1) is 24.6. The van der Waals surface area contributed by atoms with Crippen LogP contribution in [0, 0.1) is 0 Å². The fraction of sp³-hybridized carbons (Fsp3) is 0.455. The van der Waals surface area contributed by atoms with Gasteiger partial charge >= 0.3 is 6.18 Å². The van der Waals surface area contributed by atoms with Gasteiger partial charge in [-0.2, -0.15) is 13.2 Å². The van der Waals surface area contributed by atoms with E-state index in [0.29, 0.717) is 0 Å². The molecule has 2 heterocycles. The lowest BCUT2D eigenvalue weighted by atomic mass is 9.91. The Balaban J connectivity index is 0.00000160. The largest absolute Gasteiger partial charge is 0.416 e. The molecule has 30 heavy (non-hydrogen) atoms. The van der Waals surface area contributed by atoms with Gasteiger partial charge in [0.1, 0.15) is 0 Å². The highest BCUT2D eigenvalue weighted by Gasteiger charge is 2.35. The second-order valence-corrected chi connectivity index (χ2v) is 7.79. The van der Waals surface area contributed by atoms with Gasteiger partial charge in [0.05, 0.1) is 5.56 Å². The van der Waals surface area contributed by atoms with Gasteiger partial charge in [0, 0.05) is 49.5 Å². The molecule has 0 spiro atoms. The van der Waals surface area contributed by atoms with Crippen molar-refractivity contribution in [2.24, 2.45) is 0 Å². The summed E-state index contributed by atoms with van der Waals surface area (Å²) in [4.78, 5) is 4.82. The lowest BCUT2D eigenvalue weighted by molar-refractivity contribution is -0.137. The summed E-state index contributed by atoms with van der Waals surface area (Å²) in [7, 11) is 0. The molecule has 1 saturated heterocycles. The molecule has 0 aliphatic carbocycles. The highest BCUT2D eigenvalue weighted by molar-refractivity contribution is 5.85. The summed E-state index contributed by atoms with van der Waals surface area (Å²) in [6.45, 7) is 6.91. The standard InChI is InChI=1S/C22H26F3N3.2ClH/c1-16-19(20-15-17(22(23,24)25)7-8-21(20)26-16)9-10-27-11-13-28(14-12-27)18-5-3-2-4-6-18;;/h2-8,15-16,19,26H,9-14H2,1H3;2*1H/t16-,19+;;/m1../s1. The molecule has 3 nitrogen and oxygen atoms in total. The van der Waals surface area contributed by atoms with Crippen LogP contribution < -0.4 is 10.2 Å². The van der Waals surface area contributed by atoms with Gasteiger partial charge in [-0.15, -0.1) is 24.8 Å². The number of hydrogen-bond acceptors (Lipinski definition) is 3. The number of nitrogens with one attached hydrogen (secondary N) is 1. The van der Waals surface area contributed by atoms with Crippen molar-refractivity contribution in [3.63, 3.8) is 0 Å². The number of piperazine rings is 1. The van der Waals surface area contributed by atoms with Gasteiger partial charge in [-0.3, -0.25) is 4.90 Å². The van der Waals surface area contributed by atoms with Crippen LogP contribution in [0.5, 0.6) is 0 Å². The van der Waals surface area contributed by atoms with E-state index >= 15 is 0 Å². The fourth-order valence-corrected chi connectivity index (χ4v) is 4.39. The Labute approximate surface area is 188 Å².